The van der Waals surface area contributed by atoms with Crippen LogP contribution in [0, 0.1) is 11.3 Å². The third-order valence-corrected chi connectivity index (χ3v) is 4.22. The Morgan fingerprint density at radius 3 is 2.37 bits per heavy atom. The Morgan fingerprint density at radius 1 is 0.889 bits per heavy atom. The maximum Gasteiger partial charge on any atom is 0.251 e. The van der Waals surface area contributed by atoms with Gasteiger partial charge in [0.1, 0.15) is 0 Å². The van der Waals surface area contributed by atoms with Gasteiger partial charge in [-0.2, -0.15) is 5.26 Å². The van der Waals surface area contributed by atoms with Gasteiger partial charge in [0.25, 0.3) is 5.91 Å². The Labute approximate surface area is 157 Å². The molecule has 0 unspecified atom stereocenters. The number of rotatable bonds is 6. The number of nitriles is 1. The van der Waals surface area contributed by atoms with Crippen LogP contribution in [0.3, 0.4) is 0 Å². The van der Waals surface area contributed by atoms with Crippen molar-refractivity contribution in [3.63, 3.8) is 0 Å². The molecule has 27 heavy (non-hydrogen) atoms. The van der Waals surface area contributed by atoms with Gasteiger partial charge < -0.3 is 10.6 Å². The van der Waals surface area contributed by atoms with Crippen molar-refractivity contribution in [2.24, 2.45) is 0 Å². The van der Waals surface area contributed by atoms with Crippen molar-refractivity contribution in [2.45, 2.75) is 13.0 Å². The molecule has 2 amide bonds. The number of amides is 2. The molecular weight excluding hydrogens is 338 g/mol. The summed E-state index contributed by atoms with van der Waals surface area (Å²) >= 11 is 0. The van der Waals surface area contributed by atoms with Gasteiger partial charge >= 0.3 is 0 Å². The molecule has 0 aliphatic carbocycles. The van der Waals surface area contributed by atoms with Crippen LogP contribution >= 0.6 is 0 Å². The second kappa shape index (κ2) is 8.63. The summed E-state index contributed by atoms with van der Waals surface area (Å²) in [4.78, 5) is 24.2. The second-order valence-corrected chi connectivity index (χ2v) is 6.15. The highest BCUT2D eigenvalue weighted by Gasteiger charge is 2.07. The first-order valence-corrected chi connectivity index (χ1v) is 8.68. The molecule has 0 fully saturated rings. The van der Waals surface area contributed by atoms with Crippen molar-refractivity contribution in [3.8, 4) is 6.07 Å². The summed E-state index contributed by atoms with van der Waals surface area (Å²) in [7, 11) is 0. The van der Waals surface area contributed by atoms with Crippen molar-refractivity contribution in [1.29, 1.82) is 5.26 Å². The molecule has 3 aromatic carbocycles. The summed E-state index contributed by atoms with van der Waals surface area (Å²) < 4.78 is 0. The third kappa shape index (κ3) is 4.93. The molecule has 5 heteroatoms. The number of hydrogen-bond donors (Lipinski definition) is 2. The SMILES string of the molecule is N#Cc1ccc(CNC(=O)CCNC(=O)c2ccc3ccccc3c2)cc1. The van der Waals surface area contributed by atoms with Crippen LogP contribution in [-0.4, -0.2) is 18.4 Å². The van der Waals surface area contributed by atoms with Crippen molar-refractivity contribution >= 4 is 22.6 Å². The minimum Gasteiger partial charge on any atom is -0.352 e. The maximum absolute atomic E-state index is 12.2. The summed E-state index contributed by atoms with van der Waals surface area (Å²) in [6, 6.07) is 22.5. The van der Waals surface area contributed by atoms with Crippen LogP contribution in [0.1, 0.15) is 27.9 Å². The quantitative estimate of drug-likeness (QED) is 0.711. The molecule has 0 saturated heterocycles. The summed E-state index contributed by atoms with van der Waals surface area (Å²) in [6.07, 6.45) is 0.204. The van der Waals surface area contributed by atoms with E-state index in [2.05, 4.69) is 16.7 Å². The van der Waals surface area contributed by atoms with E-state index in [4.69, 9.17) is 5.26 Å². The summed E-state index contributed by atoms with van der Waals surface area (Å²) in [6.45, 7) is 0.661. The first-order valence-electron chi connectivity index (χ1n) is 8.68. The van der Waals surface area contributed by atoms with Gasteiger partial charge in [-0.15, -0.1) is 0 Å². The number of nitrogens with one attached hydrogen (secondary N) is 2. The molecule has 0 spiro atoms. The third-order valence-electron chi connectivity index (χ3n) is 4.22. The topological polar surface area (TPSA) is 82.0 Å². The van der Waals surface area contributed by atoms with Crippen LogP contribution < -0.4 is 10.6 Å². The van der Waals surface area contributed by atoms with Crippen LogP contribution in [0.5, 0.6) is 0 Å². The zero-order valence-electron chi connectivity index (χ0n) is 14.7. The summed E-state index contributed by atoms with van der Waals surface area (Å²) in [5.41, 5.74) is 2.08. The fraction of sp³-hybridized carbons (Fsp3) is 0.136. The van der Waals surface area contributed by atoms with Crippen LogP contribution in [0.4, 0.5) is 0 Å². The molecule has 3 aromatic rings. The van der Waals surface area contributed by atoms with Crippen LogP contribution in [0.2, 0.25) is 0 Å². The molecule has 5 nitrogen and oxygen atoms in total. The van der Waals surface area contributed by atoms with Gasteiger partial charge in [-0.25, -0.2) is 0 Å². The molecule has 0 heterocycles. The zero-order chi connectivity index (χ0) is 19.1. The molecule has 0 aromatic heterocycles. The lowest BCUT2D eigenvalue weighted by atomic mass is 10.1. The van der Waals surface area contributed by atoms with Crippen molar-refractivity contribution in [3.05, 3.63) is 83.4 Å². The Morgan fingerprint density at radius 2 is 1.63 bits per heavy atom. The fourth-order valence-electron chi connectivity index (χ4n) is 2.71. The predicted octanol–water partition coefficient (Wildman–Crippen LogP) is 3.15. The van der Waals surface area contributed by atoms with Crippen molar-refractivity contribution in [2.75, 3.05) is 6.54 Å². The minimum atomic E-state index is -0.194. The standard InChI is InChI=1S/C22H19N3O2/c23-14-16-5-7-17(8-6-16)15-25-21(26)11-12-24-22(27)20-10-9-18-3-1-2-4-19(18)13-20/h1-10,13H,11-12,15H2,(H,24,27)(H,25,26). The van der Waals surface area contributed by atoms with Gasteiger partial charge in [0, 0.05) is 25.1 Å². The van der Waals surface area contributed by atoms with E-state index < -0.39 is 0 Å². The van der Waals surface area contributed by atoms with Gasteiger partial charge in [0.15, 0.2) is 0 Å². The molecule has 0 bridgehead atoms. The molecule has 0 radical (unpaired) electrons. The van der Waals surface area contributed by atoms with Gasteiger partial charge in [-0.3, -0.25) is 9.59 Å². The fourth-order valence-corrected chi connectivity index (χ4v) is 2.71. The molecular formula is C22H19N3O2. The molecule has 0 saturated carbocycles. The van der Waals surface area contributed by atoms with Crippen LogP contribution in [0.25, 0.3) is 10.8 Å². The van der Waals surface area contributed by atoms with E-state index >= 15 is 0 Å². The Hall–Kier alpha value is -3.65. The van der Waals surface area contributed by atoms with E-state index in [1.54, 1.807) is 30.3 Å². The largest absolute Gasteiger partial charge is 0.352 e. The normalized spacial score (nSPS) is 10.2. The zero-order valence-corrected chi connectivity index (χ0v) is 14.7. The lowest BCUT2D eigenvalue weighted by Crippen LogP contribution is -2.30. The molecule has 2 N–H and O–H groups in total. The van der Waals surface area contributed by atoms with Gasteiger partial charge in [0.05, 0.1) is 11.6 Å². The molecule has 0 aliphatic rings. The molecule has 134 valence electrons. The van der Waals surface area contributed by atoms with Crippen LogP contribution in [0.15, 0.2) is 66.7 Å². The molecule has 0 atom stereocenters. The number of hydrogen-bond acceptors (Lipinski definition) is 3. The first kappa shape index (κ1) is 18.2. The highest BCUT2D eigenvalue weighted by atomic mass is 16.2. The van der Waals surface area contributed by atoms with Crippen molar-refractivity contribution in [1.82, 2.24) is 10.6 Å². The number of fused-ring (bicyclic) bond motifs is 1. The van der Waals surface area contributed by atoms with Gasteiger partial charge in [0.2, 0.25) is 5.91 Å². The molecule has 3 rings (SSSR count). The van der Waals surface area contributed by atoms with Crippen molar-refractivity contribution < 1.29 is 9.59 Å². The average molecular weight is 357 g/mol. The van der Waals surface area contributed by atoms with Gasteiger partial charge in [-0.05, 0) is 40.6 Å². The number of carbonyl (C=O) groups is 2. The first-order chi connectivity index (χ1) is 13.2. The van der Waals surface area contributed by atoms with E-state index in [0.29, 0.717) is 17.7 Å². The average Bonchev–Trinajstić information content (AvgIpc) is 2.72. The maximum atomic E-state index is 12.2. The minimum absolute atomic E-state index is 0.141. The highest BCUT2D eigenvalue weighted by Crippen LogP contribution is 2.15. The summed E-state index contributed by atoms with van der Waals surface area (Å²) in [5.74, 6) is -0.334. The van der Waals surface area contributed by atoms with E-state index in [1.165, 1.54) is 0 Å². The highest BCUT2D eigenvalue weighted by molar-refractivity contribution is 5.98. The van der Waals surface area contributed by atoms with E-state index in [0.717, 1.165) is 16.3 Å². The number of benzene rings is 3. The smallest absolute Gasteiger partial charge is 0.251 e. The van der Waals surface area contributed by atoms with Crippen LogP contribution in [-0.2, 0) is 11.3 Å². The lowest BCUT2D eigenvalue weighted by Gasteiger charge is -2.08. The number of nitrogens with zero attached hydrogens (tertiary/aromatic N) is 1. The predicted molar refractivity (Wildman–Crippen MR) is 104 cm³/mol. The number of carbonyl (C=O) groups excluding carboxylic acids is 2. The Kier molecular flexibility index (Phi) is 5.80. The van der Waals surface area contributed by atoms with E-state index in [-0.39, 0.29) is 24.8 Å². The van der Waals surface area contributed by atoms with Gasteiger partial charge in [-0.1, -0.05) is 42.5 Å². The second-order valence-electron chi connectivity index (χ2n) is 6.15. The Balaban J connectivity index is 1.44. The lowest BCUT2D eigenvalue weighted by molar-refractivity contribution is -0.121. The monoisotopic (exact) mass is 357 g/mol. The van der Waals surface area contributed by atoms with E-state index in [9.17, 15) is 9.59 Å². The molecule has 0 aliphatic heterocycles. The van der Waals surface area contributed by atoms with E-state index in [1.807, 2.05) is 36.4 Å². The summed E-state index contributed by atoms with van der Waals surface area (Å²) in [5, 5.41) is 16.4. The Bertz CT molecular complexity index is 1000.